The highest BCUT2D eigenvalue weighted by Gasteiger charge is 2.20. The molecule has 1 amide bonds. The molecule has 0 aliphatic carbocycles. The van der Waals surface area contributed by atoms with Crippen molar-refractivity contribution in [3.63, 3.8) is 0 Å². The van der Waals surface area contributed by atoms with E-state index in [0.29, 0.717) is 5.69 Å². The van der Waals surface area contributed by atoms with Crippen molar-refractivity contribution in [3.8, 4) is 0 Å². The van der Waals surface area contributed by atoms with Gasteiger partial charge in [0.25, 0.3) is 5.91 Å². The minimum absolute atomic E-state index is 0.0303. The number of amides is 1. The molecule has 2 atom stereocenters. The van der Waals surface area contributed by atoms with E-state index in [-0.39, 0.29) is 29.3 Å². The Morgan fingerprint density at radius 1 is 1.29 bits per heavy atom. The Morgan fingerprint density at radius 2 is 2.00 bits per heavy atom. The van der Waals surface area contributed by atoms with E-state index in [1.54, 1.807) is 6.20 Å². The Labute approximate surface area is 165 Å². The number of nitrogens with one attached hydrogen (secondary N) is 2. The average molecular weight is 388 g/mol. The van der Waals surface area contributed by atoms with Crippen LogP contribution in [-0.4, -0.2) is 28.0 Å². The van der Waals surface area contributed by atoms with E-state index in [0.717, 1.165) is 36.6 Å². The highest BCUT2D eigenvalue weighted by molar-refractivity contribution is 5.98. The SMILES string of the molecule is CCCC[C@@H](Nc1nc(Nc2cnc(C)c(C)c2)c(C(N)=O)cc1F)[C@H](C)N. The normalized spacial score (nSPS) is 13.1. The number of nitrogens with zero attached hydrogens (tertiary/aromatic N) is 2. The predicted molar refractivity (Wildman–Crippen MR) is 110 cm³/mol. The van der Waals surface area contributed by atoms with E-state index < -0.39 is 11.7 Å². The van der Waals surface area contributed by atoms with E-state index in [1.807, 2.05) is 26.8 Å². The summed E-state index contributed by atoms with van der Waals surface area (Å²) in [6, 6.07) is 2.63. The van der Waals surface area contributed by atoms with Crippen molar-refractivity contribution in [1.29, 1.82) is 0 Å². The van der Waals surface area contributed by atoms with Gasteiger partial charge in [0.1, 0.15) is 5.82 Å². The number of rotatable bonds is 9. The zero-order chi connectivity index (χ0) is 20.8. The standard InChI is InChI=1S/C20H29FN6O/c1-5-6-7-17(12(3)22)26-20-16(21)9-15(18(23)28)19(27-20)25-14-8-11(2)13(4)24-10-14/h8-10,12,17H,5-7,22H2,1-4H3,(H2,23,28)(H2,25,26,27)/t12-,17+/m0/s1. The van der Waals surface area contributed by atoms with Gasteiger partial charge in [-0.3, -0.25) is 9.78 Å². The first-order valence-electron chi connectivity index (χ1n) is 9.45. The van der Waals surface area contributed by atoms with Crippen LogP contribution < -0.4 is 22.1 Å². The number of hydrogen-bond acceptors (Lipinski definition) is 6. The maximum absolute atomic E-state index is 14.6. The first-order valence-corrected chi connectivity index (χ1v) is 9.45. The van der Waals surface area contributed by atoms with Gasteiger partial charge in [-0.1, -0.05) is 19.8 Å². The Balaban J connectivity index is 2.38. The minimum atomic E-state index is -0.771. The molecule has 2 aromatic heterocycles. The molecule has 7 nitrogen and oxygen atoms in total. The summed E-state index contributed by atoms with van der Waals surface area (Å²) in [4.78, 5) is 20.4. The third kappa shape index (κ3) is 5.39. The molecule has 0 aliphatic heterocycles. The Morgan fingerprint density at radius 3 is 2.57 bits per heavy atom. The van der Waals surface area contributed by atoms with E-state index in [1.165, 1.54) is 0 Å². The molecule has 0 aromatic carbocycles. The summed E-state index contributed by atoms with van der Waals surface area (Å²) in [5.74, 6) is -1.23. The number of anilines is 3. The van der Waals surface area contributed by atoms with Crippen molar-refractivity contribution in [2.75, 3.05) is 10.6 Å². The lowest BCUT2D eigenvalue weighted by atomic mass is 10.0. The van der Waals surface area contributed by atoms with Crippen LogP contribution in [0, 0.1) is 19.7 Å². The fourth-order valence-electron chi connectivity index (χ4n) is 2.79. The maximum Gasteiger partial charge on any atom is 0.252 e. The van der Waals surface area contributed by atoms with E-state index in [4.69, 9.17) is 11.5 Å². The molecule has 0 aliphatic rings. The fourth-order valence-corrected chi connectivity index (χ4v) is 2.79. The van der Waals surface area contributed by atoms with Crippen molar-refractivity contribution in [1.82, 2.24) is 9.97 Å². The lowest BCUT2D eigenvalue weighted by molar-refractivity contribution is 0.100. The Kier molecular flexibility index (Phi) is 7.28. The smallest absolute Gasteiger partial charge is 0.252 e. The van der Waals surface area contributed by atoms with Crippen LogP contribution in [0.15, 0.2) is 18.3 Å². The third-order valence-corrected chi connectivity index (χ3v) is 4.67. The van der Waals surface area contributed by atoms with Gasteiger partial charge in [-0.15, -0.1) is 0 Å². The zero-order valence-corrected chi connectivity index (χ0v) is 16.8. The molecule has 152 valence electrons. The highest BCUT2D eigenvalue weighted by Crippen LogP contribution is 2.25. The monoisotopic (exact) mass is 388 g/mol. The van der Waals surface area contributed by atoms with Gasteiger partial charge in [0.05, 0.1) is 17.4 Å². The fraction of sp³-hybridized carbons (Fsp3) is 0.450. The molecule has 2 heterocycles. The van der Waals surface area contributed by atoms with E-state index in [2.05, 4.69) is 27.5 Å². The third-order valence-electron chi connectivity index (χ3n) is 4.67. The highest BCUT2D eigenvalue weighted by atomic mass is 19.1. The van der Waals surface area contributed by atoms with Crippen LogP contribution >= 0.6 is 0 Å². The van der Waals surface area contributed by atoms with Crippen LogP contribution in [-0.2, 0) is 0 Å². The van der Waals surface area contributed by atoms with E-state index in [9.17, 15) is 9.18 Å². The molecule has 6 N–H and O–H groups in total. The number of halogens is 1. The molecule has 28 heavy (non-hydrogen) atoms. The lowest BCUT2D eigenvalue weighted by Gasteiger charge is -2.23. The summed E-state index contributed by atoms with van der Waals surface area (Å²) < 4.78 is 14.6. The van der Waals surface area contributed by atoms with E-state index >= 15 is 0 Å². The molecule has 0 bridgehead atoms. The molecule has 8 heteroatoms. The number of hydrogen-bond donors (Lipinski definition) is 4. The zero-order valence-electron chi connectivity index (χ0n) is 16.8. The molecule has 0 spiro atoms. The lowest BCUT2D eigenvalue weighted by Crippen LogP contribution is -2.38. The quantitative estimate of drug-likeness (QED) is 0.523. The number of unbranched alkanes of at least 4 members (excludes halogenated alkanes) is 1. The molecule has 0 radical (unpaired) electrons. The summed E-state index contributed by atoms with van der Waals surface area (Å²) in [6.45, 7) is 7.77. The van der Waals surface area contributed by atoms with Crippen LogP contribution in [0.3, 0.4) is 0 Å². The Hall–Kier alpha value is -2.74. The van der Waals surface area contributed by atoms with Gasteiger partial charge >= 0.3 is 0 Å². The molecule has 0 saturated carbocycles. The van der Waals surface area contributed by atoms with Crippen molar-refractivity contribution in [3.05, 3.63) is 41.0 Å². The number of aryl methyl sites for hydroxylation is 2. The van der Waals surface area contributed by atoms with Gasteiger partial charge in [-0.05, 0) is 44.9 Å². The number of primary amides is 1. The average Bonchev–Trinajstić information content (AvgIpc) is 2.63. The Bertz CT molecular complexity index is 840. The first kappa shape index (κ1) is 21.6. The molecule has 0 saturated heterocycles. The number of carbonyl (C=O) groups excluding carboxylic acids is 1. The van der Waals surface area contributed by atoms with Crippen molar-refractivity contribution in [2.45, 2.75) is 59.0 Å². The summed E-state index contributed by atoms with van der Waals surface area (Å²) >= 11 is 0. The summed E-state index contributed by atoms with van der Waals surface area (Å²) in [6.07, 6.45) is 4.38. The van der Waals surface area contributed by atoms with Gasteiger partial charge in [-0.2, -0.15) is 0 Å². The van der Waals surface area contributed by atoms with Crippen molar-refractivity contribution >= 4 is 23.2 Å². The second-order valence-electron chi connectivity index (χ2n) is 7.08. The molecular weight excluding hydrogens is 359 g/mol. The number of nitrogens with two attached hydrogens (primary N) is 2. The van der Waals surface area contributed by atoms with Crippen LogP contribution in [0.25, 0.3) is 0 Å². The molecule has 2 rings (SSSR count). The van der Waals surface area contributed by atoms with Gasteiger partial charge in [0, 0.05) is 17.8 Å². The van der Waals surface area contributed by atoms with Crippen LogP contribution in [0.4, 0.5) is 21.7 Å². The summed E-state index contributed by atoms with van der Waals surface area (Å²) in [5.41, 5.74) is 13.9. The van der Waals surface area contributed by atoms with Crippen molar-refractivity contribution < 1.29 is 9.18 Å². The van der Waals surface area contributed by atoms with Gasteiger partial charge in [0.2, 0.25) is 0 Å². The summed E-state index contributed by atoms with van der Waals surface area (Å²) in [5, 5.41) is 6.10. The molecular formula is C20H29FN6O. The molecule has 0 unspecified atom stereocenters. The molecule has 2 aromatic rings. The number of pyridine rings is 2. The predicted octanol–water partition coefficient (Wildman–Crippen LogP) is 3.39. The first-order chi connectivity index (χ1) is 13.2. The second-order valence-corrected chi connectivity index (χ2v) is 7.08. The topological polar surface area (TPSA) is 119 Å². The second kappa shape index (κ2) is 9.45. The molecule has 0 fully saturated rings. The van der Waals surface area contributed by atoms with Crippen LogP contribution in [0.5, 0.6) is 0 Å². The maximum atomic E-state index is 14.6. The van der Waals surface area contributed by atoms with Gasteiger partial charge in [-0.25, -0.2) is 9.37 Å². The van der Waals surface area contributed by atoms with Gasteiger partial charge in [0.15, 0.2) is 11.6 Å². The number of aromatic nitrogens is 2. The minimum Gasteiger partial charge on any atom is -0.365 e. The van der Waals surface area contributed by atoms with Crippen LogP contribution in [0.2, 0.25) is 0 Å². The number of carbonyl (C=O) groups is 1. The summed E-state index contributed by atoms with van der Waals surface area (Å²) in [7, 11) is 0. The van der Waals surface area contributed by atoms with Crippen molar-refractivity contribution in [2.24, 2.45) is 11.5 Å². The van der Waals surface area contributed by atoms with Gasteiger partial charge < -0.3 is 22.1 Å². The van der Waals surface area contributed by atoms with Crippen LogP contribution in [0.1, 0.15) is 54.7 Å². The largest absolute Gasteiger partial charge is 0.365 e.